The maximum Gasteiger partial charge on any atom is 0.246 e. The number of nitrogens with zero attached hydrogens (tertiary/aromatic N) is 4. The molecule has 1 saturated heterocycles. The average Bonchev–Trinajstić information content (AvgIpc) is 2.93. The largest absolute Gasteiger partial charge is 0.505 e. The Balaban J connectivity index is 1.42. The van der Waals surface area contributed by atoms with E-state index in [9.17, 15) is 32.4 Å². The number of phenolic OH excluding ortho intramolecular Hbond substituents is 1. The van der Waals surface area contributed by atoms with Crippen LogP contribution in [0.1, 0.15) is 61.3 Å². The number of rotatable bonds is 7. The number of aromatic hydroxyl groups is 1. The van der Waals surface area contributed by atoms with Crippen molar-refractivity contribution in [1.82, 2.24) is 9.29 Å². The maximum absolute atomic E-state index is 14.4. The number of phenols is 1. The predicted octanol–water partition coefficient (Wildman–Crippen LogP) is 4.98. The Morgan fingerprint density at radius 3 is 2.38 bits per heavy atom. The molecule has 2 aromatic carbocycles. The van der Waals surface area contributed by atoms with Crippen molar-refractivity contribution in [3.8, 4) is 11.8 Å². The van der Waals surface area contributed by atoms with Gasteiger partial charge in [-0.3, -0.25) is 9.78 Å². The first-order valence-corrected chi connectivity index (χ1v) is 14.6. The van der Waals surface area contributed by atoms with E-state index >= 15 is 0 Å². The Bertz CT molecular complexity index is 1550. The molecule has 1 saturated carbocycles. The number of pyridine rings is 1. The topological polar surface area (TPSA) is 115 Å². The van der Waals surface area contributed by atoms with Gasteiger partial charge >= 0.3 is 0 Å². The number of carbonyl (C=O) groups excluding carboxylic acids is 1. The van der Waals surface area contributed by atoms with Gasteiger partial charge in [0.25, 0.3) is 0 Å². The van der Waals surface area contributed by atoms with Crippen molar-refractivity contribution in [3.63, 3.8) is 0 Å². The molecule has 208 valence electrons. The van der Waals surface area contributed by atoms with Crippen LogP contribution < -0.4 is 4.90 Å². The van der Waals surface area contributed by atoms with Gasteiger partial charge in [0.2, 0.25) is 15.9 Å². The third kappa shape index (κ3) is 5.42. The standard InChI is InChI=1S/C29H28F2N4O4S/c30-24-14-25(31)28(15-27(24)36)40(38,39)35-13-12-26(35)29(37)34(23-10-6-19(16-32)7-11-23)18-22-9-8-21(17-33-22)20-4-2-1-3-5-20/h6-11,14-15,17,20,26,36H,1-5,12-13,18H2. The zero-order chi connectivity index (χ0) is 28.4. The summed E-state index contributed by atoms with van der Waals surface area (Å²) in [5.74, 6) is -3.75. The van der Waals surface area contributed by atoms with E-state index in [1.807, 2.05) is 24.4 Å². The van der Waals surface area contributed by atoms with Crippen LogP contribution in [0.3, 0.4) is 0 Å². The fraction of sp³-hybridized carbons (Fsp3) is 0.345. The van der Waals surface area contributed by atoms with Gasteiger partial charge < -0.3 is 10.0 Å². The van der Waals surface area contributed by atoms with Gasteiger partial charge in [0, 0.05) is 30.6 Å². The molecule has 1 atom stereocenters. The Hall–Kier alpha value is -3.88. The Kier molecular flexibility index (Phi) is 7.83. The van der Waals surface area contributed by atoms with Gasteiger partial charge in [0.15, 0.2) is 11.6 Å². The highest BCUT2D eigenvalue weighted by atomic mass is 32.2. The van der Waals surface area contributed by atoms with Gasteiger partial charge in [-0.25, -0.2) is 17.2 Å². The molecule has 8 nitrogen and oxygen atoms in total. The summed E-state index contributed by atoms with van der Waals surface area (Å²) in [6, 6.07) is 11.9. The molecule has 2 aliphatic rings. The molecule has 2 heterocycles. The van der Waals surface area contributed by atoms with Crippen LogP contribution >= 0.6 is 0 Å². The van der Waals surface area contributed by atoms with E-state index < -0.39 is 44.3 Å². The first kappa shape index (κ1) is 27.7. The van der Waals surface area contributed by atoms with Crippen LogP contribution in [0, 0.1) is 23.0 Å². The molecule has 3 aromatic rings. The van der Waals surface area contributed by atoms with Crippen molar-refractivity contribution in [2.24, 2.45) is 0 Å². The summed E-state index contributed by atoms with van der Waals surface area (Å²) in [6.45, 7) is -0.00235. The van der Waals surface area contributed by atoms with Crippen LogP contribution in [0.5, 0.6) is 5.75 Å². The van der Waals surface area contributed by atoms with E-state index in [-0.39, 0.29) is 19.5 Å². The average molecular weight is 567 g/mol. The first-order valence-electron chi connectivity index (χ1n) is 13.2. The summed E-state index contributed by atoms with van der Waals surface area (Å²) >= 11 is 0. The van der Waals surface area contributed by atoms with E-state index in [4.69, 9.17) is 0 Å². The van der Waals surface area contributed by atoms with Crippen LogP contribution in [-0.2, 0) is 21.4 Å². The quantitative estimate of drug-likeness (QED) is 0.431. The number of hydrogen-bond donors (Lipinski definition) is 1. The van der Waals surface area contributed by atoms with E-state index in [1.54, 1.807) is 24.3 Å². The molecule has 11 heteroatoms. The molecular formula is C29H28F2N4O4S. The normalized spacial score (nSPS) is 18.1. The van der Waals surface area contributed by atoms with Gasteiger partial charge in [-0.15, -0.1) is 0 Å². The molecule has 1 aromatic heterocycles. The minimum Gasteiger partial charge on any atom is -0.505 e. The molecule has 0 radical (unpaired) electrons. The summed E-state index contributed by atoms with van der Waals surface area (Å²) in [5, 5.41) is 18.8. The number of halogens is 2. The number of carbonyl (C=O) groups is 1. The van der Waals surface area contributed by atoms with Crippen molar-refractivity contribution in [3.05, 3.63) is 83.2 Å². The smallest absolute Gasteiger partial charge is 0.246 e. The summed E-state index contributed by atoms with van der Waals surface area (Å²) in [7, 11) is -4.56. The minimum absolute atomic E-state index is 0.0474. The van der Waals surface area contributed by atoms with Crippen molar-refractivity contribution in [2.75, 3.05) is 11.4 Å². The fourth-order valence-corrected chi connectivity index (χ4v) is 7.00. The number of anilines is 1. The highest BCUT2D eigenvalue weighted by Crippen LogP contribution is 2.34. The van der Waals surface area contributed by atoms with Crippen LogP contribution in [0.25, 0.3) is 0 Å². The van der Waals surface area contributed by atoms with Crippen molar-refractivity contribution in [1.29, 1.82) is 5.26 Å². The lowest BCUT2D eigenvalue weighted by molar-refractivity contribution is -0.125. The summed E-state index contributed by atoms with van der Waals surface area (Å²) < 4.78 is 55.3. The zero-order valence-electron chi connectivity index (χ0n) is 21.6. The van der Waals surface area contributed by atoms with Crippen molar-refractivity contribution < 1.29 is 27.1 Å². The minimum atomic E-state index is -4.56. The molecule has 1 N–H and O–H groups in total. The van der Waals surface area contributed by atoms with Crippen LogP contribution in [0.2, 0.25) is 0 Å². The van der Waals surface area contributed by atoms with E-state index in [0.717, 1.165) is 22.7 Å². The van der Waals surface area contributed by atoms with E-state index in [0.29, 0.717) is 35.0 Å². The lowest BCUT2D eigenvalue weighted by Gasteiger charge is -2.41. The molecule has 40 heavy (non-hydrogen) atoms. The number of nitriles is 1. The lowest BCUT2D eigenvalue weighted by Crippen LogP contribution is -2.59. The van der Waals surface area contributed by atoms with Gasteiger partial charge in [0.1, 0.15) is 16.8 Å². The Morgan fingerprint density at radius 2 is 1.77 bits per heavy atom. The summed E-state index contributed by atoms with van der Waals surface area (Å²) in [6.07, 6.45) is 7.88. The van der Waals surface area contributed by atoms with Gasteiger partial charge in [0.05, 0.1) is 23.9 Å². The van der Waals surface area contributed by atoms with Crippen molar-refractivity contribution >= 4 is 21.6 Å². The number of benzene rings is 2. The molecule has 0 bridgehead atoms. The summed E-state index contributed by atoms with van der Waals surface area (Å²) in [5.41, 5.74) is 2.59. The van der Waals surface area contributed by atoms with Gasteiger partial charge in [-0.1, -0.05) is 25.3 Å². The predicted molar refractivity (Wildman–Crippen MR) is 143 cm³/mol. The first-order chi connectivity index (χ1) is 19.2. The zero-order valence-corrected chi connectivity index (χ0v) is 22.4. The maximum atomic E-state index is 14.4. The van der Waals surface area contributed by atoms with E-state index in [1.165, 1.54) is 24.2 Å². The second-order valence-corrected chi connectivity index (χ2v) is 12.0. The van der Waals surface area contributed by atoms with E-state index in [2.05, 4.69) is 4.98 Å². The number of aromatic nitrogens is 1. The third-order valence-electron chi connectivity index (χ3n) is 7.66. The molecule has 1 amide bonds. The second-order valence-electron chi connectivity index (χ2n) is 10.2. The molecule has 1 aliphatic carbocycles. The van der Waals surface area contributed by atoms with Crippen LogP contribution in [-0.4, -0.2) is 41.3 Å². The molecular weight excluding hydrogens is 538 g/mol. The fourth-order valence-electron chi connectivity index (χ4n) is 5.30. The van der Waals surface area contributed by atoms with Crippen LogP contribution in [0.4, 0.5) is 14.5 Å². The van der Waals surface area contributed by atoms with Crippen molar-refractivity contribution in [2.45, 2.75) is 61.9 Å². The number of amides is 1. The summed E-state index contributed by atoms with van der Waals surface area (Å²) in [4.78, 5) is 18.9. The highest BCUT2D eigenvalue weighted by molar-refractivity contribution is 7.89. The molecule has 5 rings (SSSR count). The van der Waals surface area contributed by atoms with Gasteiger partial charge in [-0.2, -0.15) is 9.57 Å². The Labute approximate surface area is 231 Å². The molecule has 0 spiro atoms. The molecule has 1 aliphatic heterocycles. The molecule has 1 unspecified atom stereocenters. The van der Waals surface area contributed by atoms with Crippen LogP contribution in [0.15, 0.2) is 59.6 Å². The third-order valence-corrected chi connectivity index (χ3v) is 9.59. The van der Waals surface area contributed by atoms with Gasteiger partial charge in [-0.05, 0) is 61.1 Å². The number of sulfonamides is 1. The molecule has 2 fully saturated rings. The highest BCUT2D eigenvalue weighted by Gasteiger charge is 2.46. The lowest BCUT2D eigenvalue weighted by atomic mass is 9.85. The Morgan fingerprint density at radius 1 is 1.05 bits per heavy atom. The monoisotopic (exact) mass is 566 g/mol. The number of hydrogen-bond acceptors (Lipinski definition) is 6. The SMILES string of the molecule is N#Cc1ccc(N(Cc2ccc(C3CCCCC3)cn2)C(=O)C2CCN2S(=O)(=O)c2cc(O)c(F)cc2F)cc1. The second kappa shape index (κ2) is 11.3.